The number of aromatic nitrogens is 2. The van der Waals surface area contributed by atoms with E-state index < -0.39 is 5.09 Å². The van der Waals surface area contributed by atoms with Gasteiger partial charge in [-0.3, -0.25) is 14.8 Å². The van der Waals surface area contributed by atoms with Crippen molar-refractivity contribution in [2.45, 2.75) is 32.8 Å². The molecule has 41 heavy (non-hydrogen) atoms. The summed E-state index contributed by atoms with van der Waals surface area (Å²) in [5.74, 6) is 1.09. The monoisotopic (exact) mass is 596 g/mol. The number of hydrogen-bond donors (Lipinski definition) is 1. The summed E-state index contributed by atoms with van der Waals surface area (Å²) in [6.07, 6.45) is 3.32. The molecule has 1 amide bonds. The highest BCUT2D eigenvalue weighted by Crippen LogP contribution is 2.33. The number of rotatable bonds is 7. The fraction of sp³-hybridized carbons (Fsp3) is 0.241. The summed E-state index contributed by atoms with van der Waals surface area (Å²) in [4.78, 5) is 26.3. The fourth-order valence-electron chi connectivity index (χ4n) is 4.52. The molecule has 1 aliphatic rings. The molecule has 1 saturated heterocycles. The van der Waals surface area contributed by atoms with Crippen LogP contribution in [-0.4, -0.2) is 38.6 Å². The number of nitrogens with zero attached hydrogens (tertiary/aromatic N) is 4. The van der Waals surface area contributed by atoms with E-state index in [1.54, 1.807) is 12.1 Å². The van der Waals surface area contributed by atoms with E-state index in [-0.39, 0.29) is 5.91 Å². The van der Waals surface area contributed by atoms with Crippen molar-refractivity contribution in [2.24, 2.45) is 0 Å². The lowest BCUT2D eigenvalue weighted by atomic mass is 10.2. The van der Waals surface area contributed by atoms with E-state index in [1.165, 1.54) is 6.42 Å². The lowest BCUT2D eigenvalue weighted by Gasteiger charge is -2.26. The van der Waals surface area contributed by atoms with E-state index in [9.17, 15) is 4.79 Å². The first-order valence-corrected chi connectivity index (χ1v) is 13.7. The van der Waals surface area contributed by atoms with Gasteiger partial charge in [0.1, 0.15) is 18.2 Å². The Balaban J connectivity index is 0.000000909. The van der Waals surface area contributed by atoms with Crippen molar-refractivity contribution in [3.63, 3.8) is 0 Å². The summed E-state index contributed by atoms with van der Waals surface area (Å²) in [6, 6.07) is 23.0. The van der Waals surface area contributed by atoms with Crippen LogP contribution >= 0.6 is 23.2 Å². The van der Waals surface area contributed by atoms with Crippen molar-refractivity contribution < 1.29 is 14.6 Å². The van der Waals surface area contributed by atoms with Gasteiger partial charge in [0.25, 0.3) is 5.91 Å². The second-order valence-electron chi connectivity index (χ2n) is 9.31. The number of nitrogens with one attached hydrogen (secondary N) is 1. The van der Waals surface area contributed by atoms with E-state index in [1.807, 2.05) is 77.2 Å². The van der Waals surface area contributed by atoms with Gasteiger partial charge in [-0.05, 0) is 67.8 Å². The molecule has 0 radical (unpaired) electrons. The summed E-state index contributed by atoms with van der Waals surface area (Å²) in [7, 11) is 0. The van der Waals surface area contributed by atoms with Gasteiger partial charge in [0.15, 0.2) is 5.69 Å². The van der Waals surface area contributed by atoms with Gasteiger partial charge < -0.3 is 20.1 Å². The van der Waals surface area contributed by atoms with E-state index in [0.29, 0.717) is 39.4 Å². The van der Waals surface area contributed by atoms with Crippen molar-refractivity contribution in [3.8, 4) is 22.8 Å². The Kier molecular flexibility index (Phi) is 10.2. The van der Waals surface area contributed by atoms with Crippen LogP contribution in [0.1, 0.15) is 41.0 Å². The van der Waals surface area contributed by atoms with Crippen molar-refractivity contribution in [1.82, 2.24) is 20.0 Å². The van der Waals surface area contributed by atoms with E-state index in [0.717, 1.165) is 42.9 Å². The zero-order valence-electron chi connectivity index (χ0n) is 22.3. The number of piperidine rings is 1. The maximum atomic E-state index is 13.3. The number of ether oxygens (including phenoxy) is 1. The minimum Gasteiger partial charge on any atom is -0.489 e. The number of amides is 1. The third-order valence-electron chi connectivity index (χ3n) is 6.45. The number of benzene rings is 3. The highest BCUT2D eigenvalue weighted by Gasteiger charge is 2.24. The topological polar surface area (TPSA) is 126 Å². The van der Waals surface area contributed by atoms with Crippen LogP contribution in [-0.2, 0) is 6.61 Å². The molecule has 214 valence electrons. The van der Waals surface area contributed by atoms with Gasteiger partial charge in [0.2, 0.25) is 0 Å². The average Bonchev–Trinajstić information content (AvgIpc) is 3.29. The molecular formula is C29H28Cl2N5O5-. The minimum absolute atomic E-state index is 0.229. The molecule has 10 nitrogen and oxygen atoms in total. The van der Waals surface area contributed by atoms with Crippen LogP contribution in [0.5, 0.6) is 5.75 Å². The second-order valence-corrected chi connectivity index (χ2v) is 10.2. The molecule has 0 aliphatic carbocycles. The summed E-state index contributed by atoms with van der Waals surface area (Å²) in [5, 5.41) is 17.7. The molecule has 1 N–H and O–H groups in total. The van der Waals surface area contributed by atoms with Crippen LogP contribution < -0.4 is 10.2 Å². The highest BCUT2D eigenvalue weighted by atomic mass is 35.5. The van der Waals surface area contributed by atoms with Gasteiger partial charge in [0.05, 0.1) is 15.8 Å². The van der Waals surface area contributed by atoms with Crippen LogP contribution in [0.25, 0.3) is 17.1 Å². The molecule has 1 aromatic heterocycles. The molecule has 5 rings (SSSR count). The lowest BCUT2D eigenvalue weighted by molar-refractivity contribution is -0.402. The first kappa shape index (κ1) is 29.9. The van der Waals surface area contributed by atoms with Crippen molar-refractivity contribution in [1.29, 1.82) is 0 Å². The highest BCUT2D eigenvalue weighted by molar-refractivity contribution is 6.36. The number of hydrazine groups is 1. The molecule has 0 bridgehead atoms. The number of carbonyl (C=O) groups is 1. The summed E-state index contributed by atoms with van der Waals surface area (Å²) in [5.41, 5.74) is 6.73. The zero-order valence-corrected chi connectivity index (χ0v) is 23.8. The Bertz CT molecular complexity index is 1490. The van der Waals surface area contributed by atoms with E-state index >= 15 is 0 Å². The Morgan fingerprint density at radius 2 is 1.66 bits per heavy atom. The van der Waals surface area contributed by atoms with Gasteiger partial charge in [0, 0.05) is 29.4 Å². The molecule has 0 saturated carbocycles. The molecule has 2 heterocycles. The molecular weight excluding hydrogens is 569 g/mol. The van der Waals surface area contributed by atoms with Crippen LogP contribution in [0.4, 0.5) is 0 Å². The van der Waals surface area contributed by atoms with Crippen molar-refractivity contribution in [2.75, 3.05) is 13.1 Å². The molecule has 0 spiro atoms. The van der Waals surface area contributed by atoms with Crippen molar-refractivity contribution >= 4 is 29.1 Å². The maximum absolute atomic E-state index is 13.3. The quantitative estimate of drug-likeness (QED) is 0.187. The van der Waals surface area contributed by atoms with Crippen LogP contribution in [0, 0.1) is 22.2 Å². The van der Waals surface area contributed by atoms with Crippen LogP contribution in [0.3, 0.4) is 0 Å². The van der Waals surface area contributed by atoms with Gasteiger partial charge in [-0.25, -0.2) is 9.99 Å². The van der Waals surface area contributed by atoms with Gasteiger partial charge in [-0.2, -0.15) is 0 Å². The zero-order chi connectivity index (χ0) is 29.4. The maximum Gasteiger partial charge on any atom is 0.286 e. The van der Waals surface area contributed by atoms with Crippen LogP contribution in [0.2, 0.25) is 10.0 Å². The lowest BCUT2D eigenvalue weighted by Crippen LogP contribution is -2.45. The summed E-state index contributed by atoms with van der Waals surface area (Å²) < 4.78 is 7.90. The SMILES string of the molecule is Cc1c(C(=O)NN2CCCCC2)nc(-c2ccc(Cl)cc2Cl)n1-c1ccc(OCc2ccccc2)cc1.O=[N+]([O-])[O-]. The minimum atomic E-state index is -1.75. The fourth-order valence-corrected chi connectivity index (χ4v) is 5.01. The Hall–Kier alpha value is -4.12. The van der Waals surface area contributed by atoms with Gasteiger partial charge >= 0.3 is 0 Å². The molecule has 0 unspecified atom stereocenters. The van der Waals surface area contributed by atoms with Gasteiger partial charge in [-0.1, -0.05) is 60.0 Å². The molecule has 4 aromatic rings. The summed E-state index contributed by atoms with van der Waals surface area (Å²) >= 11 is 12.7. The molecule has 12 heteroatoms. The second kappa shape index (κ2) is 14.0. The third kappa shape index (κ3) is 7.97. The average molecular weight is 597 g/mol. The predicted octanol–water partition coefficient (Wildman–Crippen LogP) is 6.63. The molecule has 0 atom stereocenters. The molecule has 1 aliphatic heterocycles. The normalized spacial score (nSPS) is 13.1. The largest absolute Gasteiger partial charge is 0.489 e. The first-order valence-electron chi connectivity index (χ1n) is 12.9. The number of carbonyl (C=O) groups excluding carboxylic acids is 1. The standard InChI is InChI=1S/C29H28Cl2N4O2.NO3/c1-20-27(29(36)33-34-16-6-3-7-17-34)32-28(25-15-10-22(30)18-26(25)31)35(20)23-11-13-24(14-12-23)37-19-21-8-4-2-5-9-21;2-1(3)4/h2,4-5,8-15,18H,3,6-7,16-17,19H2,1H3,(H,33,36);/q;-1. The Morgan fingerprint density at radius 1 is 1.00 bits per heavy atom. The van der Waals surface area contributed by atoms with Crippen LogP contribution in [0.15, 0.2) is 72.8 Å². The Labute approximate surface area is 247 Å². The van der Waals surface area contributed by atoms with Crippen molar-refractivity contribution in [3.05, 3.63) is 115 Å². The molecule has 3 aromatic carbocycles. The molecule has 1 fully saturated rings. The predicted molar refractivity (Wildman–Crippen MR) is 158 cm³/mol. The summed E-state index contributed by atoms with van der Waals surface area (Å²) in [6.45, 7) is 4.06. The van der Waals surface area contributed by atoms with E-state index in [4.69, 9.17) is 48.2 Å². The number of hydrogen-bond acceptors (Lipinski definition) is 7. The Morgan fingerprint density at radius 3 is 2.29 bits per heavy atom. The number of halogens is 2. The van der Waals surface area contributed by atoms with E-state index in [2.05, 4.69) is 5.43 Å². The smallest absolute Gasteiger partial charge is 0.286 e. The van der Waals surface area contributed by atoms with Gasteiger partial charge in [-0.15, -0.1) is 0 Å². The number of imidazole rings is 1. The third-order valence-corrected chi connectivity index (χ3v) is 7.00. The first-order chi connectivity index (χ1) is 19.7.